The van der Waals surface area contributed by atoms with E-state index in [9.17, 15) is 4.79 Å². The Kier molecular flexibility index (Phi) is 2.79. The maximum atomic E-state index is 12.3. The summed E-state index contributed by atoms with van der Waals surface area (Å²) in [4.78, 5) is 12.3. The molecule has 1 saturated heterocycles. The van der Waals surface area contributed by atoms with E-state index in [2.05, 4.69) is 42.6 Å². The molecular weight excluding hydrogens is 260 g/mol. The summed E-state index contributed by atoms with van der Waals surface area (Å²) >= 11 is 0. The first-order valence-corrected chi connectivity index (χ1v) is 7.66. The molecule has 3 heterocycles. The third-order valence-electron chi connectivity index (χ3n) is 5.17. The molecule has 0 amide bonds. The van der Waals surface area contributed by atoms with Crippen molar-refractivity contribution in [3.63, 3.8) is 0 Å². The molecule has 21 heavy (non-hydrogen) atoms. The van der Waals surface area contributed by atoms with Crippen LogP contribution in [-0.4, -0.2) is 17.7 Å². The molecule has 1 aromatic carbocycles. The van der Waals surface area contributed by atoms with Crippen molar-refractivity contribution < 1.29 is 0 Å². The molecule has 3 nitrogen and oxygen atoms in total. The van der Waals surface area contributed by atoms with Crippen LogP contribution in [0.3, 0.4) is 0 Å². The number of nitrogens with zero attached hydrogens (tertiary/aromatic N) is 1. The molecule has 3 heteroatoms. The molecule has 1 fully saturated rings. The standard InChI is InChI=1S/C18H20N2O/c1-13-5-2-3-6-15(13)18-9-14(10-19-11-18)16-7-4-8-17(21)20(16)12-18/h2-8,14,19H,9-12H2,1H3/t14-,18-/m1/s1. The Morgan fingerprint density at radius 3 is 2.90 bits per heavy atom. The molecule has 0 aliphatic carbocycles. The lowest BCUT2D eigenvalue weighted by atomic mass is 9.67. The minimum absolute atomic E-state index is 0.0481. The predicted molar refractivity (Wildman–Crippen MR) is 83.8 cm³/mol. The number of nitrogens with one attached hydrogen (secondary N) is 1. The van der Waals surface area contributed by atoms with E-state index in [1.54, 1.807) is 6.07 Å². The molecule has 0 unspecified atom stereocenters. The highest BCUT2D eigenvalue weighted by atomic mass is 16.1. The highest BCUT2D eigenvalue weighted by Gasteiger charge is 2.44. The summed E-state index contributed by atoms with van der Waals surface area (Å²) in [5.41, 5.74) is 4.10. The quantitative estimate of drug-likeness (QED) is 0.869. The Bertz CT molecular complexity index is 749. The van der Waals surface area contributed by atoms with Crippen LogP contribution in [0, 0.1) is 6.92 Å². The van der Waals surface area contributed by atoms with Crippen molar-refractivity contribution in [1.29, 1.82) is 0 Å². The van der Waals surface area contributed by atoms with Gasteiger partial charge in [0.15, 0.2) is 0 Å². The van der Waals surface area contributed by atoms with E-state index in [1.165, 1.54) is 16.8 Å². The summed E-state index contributed by atoms with van der Waals surface area (Å²) in [6, 6.07) is 14.3. The van der Waals surface area contributed by atoms with Crippen molar-refractivity contribution >= 4 is 0 Å². The Balaban J connectivity index is 1.90. The lowest BCUT2D eigenvalue weighted by molar-refractivity contribution is 0.206. The van der Waals surface area contributed by atoms with Crippen molar-refractivity contribution in [2.24, 2.45) is 0 Å². The number of rotatable bonds is 1. The van der Waals surface area contributed by atoms with Gasteiger partial charge in [-0.3, -0.25) is 4.79 Å². The number of hydrogen-bond acceptors (Lipinski definition) is 2. The summed E-state index contributed by atoms with van der Waals surface area (Å²) in [6.45, 7) is 4.89. The highest BCUT2D eigenvalue weighted by molar-refractivity contribution is 5.37. The summed E-state index contributed by atoms with van der Waals surface area (Å²) < 4.78 is 2.00. The zero-order chi connectivity index (χ0) is 14.4. The summed E-state index contributed by atoms with van der Waals surface area (Å²) in [5.74, 6) is 0.431. The monoisotopic (exact) mass is 280 g/mol. The minimum atomic E-state index is 0.0481. The molecule has 2 bridgehead atoms. The van der Waals surface area contributed by atoms with E-state index in [0.717, 1.165) is 26.1 Å². The third-order valence-corrected chi connectivity index (χ3v) is 5.17. The van der Waals surface area contributed by atoms with Crippen molar-refractivity contribution in [1.82, 2.24) is 9.88 Å². The fourth-order valence-corrected chi connectivity index (χ4v) is 4.25. The SMILES string of the molecule is Cc1ccccc1[C@@]12CNC[C@@H](C1)c1cccc(=O)n1C2. The van der Waals surface area contributed by atoms with Crippen LogP contribution in [0.4, 0.5) is 0 Å². The highest BCUT2D eigenvalue weighted by Crippen LogP contribution is 2.43. The molecule has 2 atom stereocenters. The van der Waals surface area contributed by atoms with E-state index >= 15 is 0 Å². The lowest BCUT2D eigenvalue weighted by Gasteiger charge is -2.47. The maximum absolute atomic E-state index is 12.3. The van der Waals surface area contributed by atoms with E-state index in [4.69, 9.17) is 0 Å². The molecule has 1 aromatic heterocycles. The van der Waals surface area contributed by atoms with Crippen molar-refractivity contribution in [3.05, 3.63) is 69.6 Å². The largest absolute Gasteiger partial charge is 0.315 e. The molecule has 2 aliphatic rings. The minimum Gasteiger partial charge on any atom is -0.315 e. The van der Waals surface area contributed by atoms with Gasteiger partial charge in [0, 0.05) is 42.7 Å². The second-order valence-corrected chi connectivity index (χ2v) is 6.50. The van der Waals surface area contributed by atoms with Crippen LogP contribution >= 0.6 is 0 Å². The normalized spacial score (nSPS) is 27.2. The van der Waals surface area contributed by atoms with Crippen LogP contribution in [0.2, 0.25) is 0 Å². The molecule has 108 valence electrons. The Morgan fingerprint density at radius 1 is 1.19 bits per heavy atom. The van der Waals surface area contributed by atoms with Crippen LogP contribution in [0.1, 0.15) is 29.2 Å². The molecule has 4 rings (SSSR count). The fraction of sp³-hybridized carbons (Fsp3) is 0.389. The van der Waals surface area contributed by atoms with Gasteiger partial charge < -0.3 is 9.88 Å². The first-order valence-electron chi connectivity index (χ1n) is 7.66. The van der Waals surface area contributed by atoms with Gasteiger partial charge in [-0.05, 0) is 30.5 Å². The van der Waals surface area contributed by atoms with Gasteiger partial charge in [-0.15, -0.1) is 0 Å². The number of fused-ring (bicyclic) bond motifs is 4. The molecule has 0 radical (unpaired) electrons. The third kappa shape index (κ3) is 1.88. The molecule has 2 aliphatic heterocycles. The smallest absolute Gasteiger partial charge is 0.250 e. The van der Waals surface area contributed by atoms with E-state index in [0.29, 0.717) is 5.92 Å². The number of piperidine rings is 1. The van der Waals surface area contributed by atoms with Crippen LogP contribution < -0.4 is 10.9 Å². The lowest BCUT2D eigenvalue weighted by Crippen LogP contribution is -2.54. The number of aryl methyl sites for hydroxylation is 1. The zero-order valence-corrected chi connectivity index (χ0v) is 12.3. The van der Waals surface area contributed by atoms with Crippen LogP contribution in [0.25, 0.3) is 0 Å². The van der Waals surface area contributed by atoms with Crippen LogP contribution in [0.5, 0.6) is 0 Å². The van der Waals surface area contributed by atoms with Gasteiger partial charge in [-0.25, -0.2) is 0 Å². The average Bonchev–Trinajstić information content (AvgIpc) is 2.49. The van der Waals surface area contributed by atoms with E-state index in [1.807, 2.05) is 10.6 Å². The zero-order valence-electron chi connectivity index (χ0n) is 12.3. The Hall–Kier alpha value is -1.87. The molecular formula is C18H20N2O. The predicted octanol–water partition coefficient (Wildman–Crippen LogP) is 2.19. The van der Waals surface area contributed by atoms with Crippen molar-refractivity contribution in [3.8, 4) is 0 Å². The van der Waals surface area contributed by atoms with E-state index < -0.39 is 0 Å². The number of pyridine rings is 1. The first kappa shape index (κ1) is 12.8. The summed E-state index contributed by atoms with van der Waals surface area (Å²) in [7, 11) is 0. The summed E-state index contributed by atoms with van der Waals surface area (Å²) in [5, 5.41) is 3.60. The first-order chi connectivity index (χ1) is 10.2. The van der Waals surface area contributed by atoms with Gasteiger partial charge in [0.2, 0.25) is 0 Å². The molecule has 0 spiro atoms. The van der Waals surface area contributed by atoms with Gasteiger partial charge in [0.1, 0.15) is 0 Å². The van der Waals surface area contributed by atoms with Crippen LogP contribution in [0.15, 0.2) is 47.3 Å². The fourth-order valence-electron chi connectivity index (χ4n) is 4.25. The van der Waals surface area contributed by atoms with Crippen molar-refractivity contribution in [2.45, 2.75) is 31.2 Å². The van der Waals surface area contributed by atoms with Gasteiger partial charge >= 0.3 is 0 Å². The van der Waals surface area contributed by atoms with Crippen LogP contribution in [-0.2, 0) is 12.0 Å². The number of benzene rings is 1. The Labute approximate surface area is 124 Å². The van der Waals surface area contributed by atoms with Crippen molar-refractivity contribution in [2.75, 3.05) is 13.1 Å². The topological polar surface area (TPSA) is 34.0 Å². The summed E-state index contributed by atoms with van der Waals surface area (Å²) in [6.07, 6.45) is 1.13. The maximum Gasteiger partial charge on any atom is 0.250 e. The van der Waals surface area contributed by atoms with E-state index in [-0.39, 0.29) is 11.0 Å². The molecule has 0 saturated carbocycles. The second-order valence-electron chi connectivity index (χ2n) is 6.50. The Morgan fingerprint density at radius 2 is 2.05 bits per heavy atom. The molecule has 1 N–H and O–H groups in total. The second kappa shape index (κ2) is 4.57. The average molecular weight is 280 g/mol. The van der Waals surface area contributed by atoms with Gasteiger partial charge in [0.05, 0.1) is 0 Å². The van der Waals surface area contributed by atoms with Gasteiger partial charge in [-0.1, -0.05) is 30.3 Å². The molecule has 2 aromatic rings. The van der Waals surface area contributed by atoms with Gasteiger partial charge in [-0.2, -0.15) is 0 Å². The number of hydrogen-bond donors (Lipinski definition) is 1. The van der Waals surface area contributed by atoms with Gasteiger partial charge in [0.25, 0.3) is 5.56 Å². The number of aromatic nitrogens is 1.